The first-order chi connectivity index (χ1) is 19.7. The van der Waals surface area contributed by atoms with Gasteiger partial charge in [-0.2, -0.15) is 0 Å². The zero-order valence-corrected chi connectivity index (χ0v) is 22.2. The van der Waals surface area contributed by atoms with Crippen LogP contribution in [0.5, 0.6) is 11.6 Å². The number of halogens is 1. The molecule has 0 aliphatic rings. The third-order valence-corrected chi connectivity index (χ3v) is 6.61. The standard InChI is InChI=1S/C33H25FN2O5/c1-21(37)30-20-27(34)11-13-32(30)41-33-26(14-22-6-3-2-4-7-22)19-25-15-24(10-12-31(25)35-33)18-29(38)17-23-8-5-9-28(16-23)36(39)40/h2-13,15-16,19-20H,14,17-18H2,1H3. The Hall–Kier alpha value is -5.24. The number of carbonyl (C=O) groups excluding carboxylic acids is 2. The van der Waals surface area contributed by atoms with Gasteiger partial charge in [-0.3, -0.25) is 19.7 Å². The molecular formula is C33H25FN2O5. The number of rotatable bonds is 10. The summed E-state index contributed by atoms with van der Waals surface area (Å²) in [4.78, 5) is 40.3. The van der Waals surface area contributed by atoms with Crippen LogP contribution in [0.1, 0.15) is 39.5 Å². The van der Waals surface area contributed by atoms with Crippen molar-refractivity contribution in [2.24, 2.45) is 0 Å². The van der Waals surface area contributed by atoms with Crippen LogP contribution in [0, 0.1) is 15.9 Å². The minimum absolute atomic E-state index is 0.0490. The van der Waals surface area contributed by atoms with Gasteiger partial charge < -0.3 is 4.74 Å². The molecule has 0 fully saturated rings. The highest BCUT2D eigenvalue weighted by Crippen LogP contribution is 2.32. The lowest BCUT2D eigenvalue weighted by Gasteiger charge is -2.14. The number of nitro groups is 1. The molecule has 0 saturated carbocycles. The first kappa shape index (κ1) is 27.3. The van der Waals surface area contributed by atoms with Crippen LogP contribution in [0.2, 0.25) is 0 Å². The van der Waals surface area contributed by atoms with E-state index in [4.69, 9.17) is 9.72 Å². The fraction of sp³-hybridized carbons (Fsp3) is 0.121. The number of nitrogens with zero attached hydrogens (tertiary/aromatic N) is 2. The highest BCUT2D eigenvalue weighted by atomic mass is 19.1. The van der Waals surface area contributed by atoms with Gasteiger partial charge in [0.2, 0.25) is 5.88 Å². The summed E-state index contributed by atoms with van der Waals surface area (Å²) >= 11 is 0. The summed E-state index contributed by atoms with van der Waals surface area (Å²) in [5, 5.41) is 11.9. The smallest absolute Gasteiger partial charge is 0.269 e. The Bertz CT molecular complexity index is 1790. The fourth-order valence-electron chi connectivity index (χ4n) is 4.66. The van der Waals surface area contributed by atoms with Gasteiger partial charge in [0.05, 0.1) is 16.0 Å². The number of nitro benzene ring substituents is 1. The van der Waals surface area contributed by atoms with Crippen molar-refractivity contribution in [2.75, 3.05) is 0 Å². The van der Waals surface area contributed by atoms with Crippen LogP contribution < -0.4 is 4.74 Å². The number of hydrogen-bond acceptors (Lipinski definition) is 6. The van der Waals surface area contributed by atoms with Crippen molar-refractivity contribution in [1.82, 2.24) is 4.98 Å². The molecule has 0 unspecified atom stereocenters. The maximum absolute atomic E-state index is 13.8. The lowest BCUT2D eigenvalue weighted by atomic mass is 9.99. The Morgan fingerprint density at radius 1 is 0.854 bits per heavy atom. The average molecular weight is 549 g/mol. The molecule has 4 aromatic carbocycles. The number of Topliss-reactive ketones (excluding diaryl/α,β-unsaturated/α-hetero) is 2. The molecule has 8 heteroatoms. The molecule has 0 atom stereocenters. The monoisotopic (exact) mass is 548 g/mol. The molecule has 204 valence electrons. The highest BCUT2D eigenvalue weighted by Gasteiger charge is 2.17. The summed E-state index contributed by atoms with van der Waals surface area (Å²) in [6, 6.07) is 27.1. The molecule has 0 N–H and O–H groups in total. The topological polar surface area (TPSA) is 99.4 Å². The summed E-state index contributed by atoms with van der Waals surface area (Å²) in [5.74, 6) is -0.431. The number of pyridine rings is 1. The van der Waals surface area contributed by atoms with Crippen molar-refractivity contribution >= 4 is 28.2 Å². The third kappa shape index (κ3) is 6.67. The molecule has 0 aliphatic carbocycles. The molecular weight excluding hydrogens is 523 g/mol. The second kappa shape index (κ2) is 11.9. The van der Waals surface area contributed by atoms with Crippen LogP contribution in [0.4, 0.5) is 10.1 Å². The van der Waals surface area contributed by atoms with E-state index in [0.29, 0.717) is 23.4 Å². The molecule has 1 heterocycles. The second-order valence-corrected chi connectivity index (χ2v) is 9.76. The molecule has 1 aromatic heterocycles. The van der Waals surface area contributed by atoms with E-state index in [1.165, 1.54) is 31.2 Å². The summed E-state index contributed by atoms with van der Waals surface area (Å²) in [6.45, 7) is 1.35. The minimum Gasteiger partial charge on any atom is -0.438 e. The fourth-order valence-corrected chi connectivity index (χ4v) is 4.66. The van der Waals surface area contributed by atoms with Crippen LogP contribution in [-0.4, -0.2) is 21.5 Å². The summed E-state index contributed by atoms with van der Waals surface area (Å²) in [5.41, 5.74) is 3.84. The van der Waals surface area contributed by atoms with Gasteiger partial charge in [-0.05, 0) is 60.0 Å². The third-order valence-electron chi connectivity index (χ3n) is 6.61. The number of aromatic nitrogens is 1. The van der Waals surface area contributed by atoms with E-state index >= 15 is 0 Å². The van der Waals surface area contributed by atoms with E-state index in [9.17, 15) is 24.1 Å². The van der Waals surface area contributed by atoms with Gasteiger partial charge in [-0.15, -0.1) is 0 Å². The van der Waals surface area contributed by atoms with Crippen LogP contribution in [0.25, 0.3) is 10.9 Å². The Morgan fingerprint density at radius 2 is 1.59 bits per heavy atom. The van der Waals surface area contributed by atoms with Gasteiger partial charge in [-0.1, -0.05) is 48.5 Å². The van der Waals surface area contributed by atoms with E-state index in [1.807, 2.05) is 42.5 Å². The van der Waals surface area contributed by atoms with Crippen LogP contribution in [0.15, 0.2) is 97.1 Å². The molecule has 0 amide bonds. The molecule has 5 aromatic rings. The van der Waals surface area contributed by atoms with E-state index in [-0.39, 0.29) is 41.4 Å². The van der Waals surface area contributed by atoms with E-state index in [0.717, 1.165) is 28.1 Å². The molecule has 5 rings (SSSR count). The lowest BCUT2D eigenvalue weighted by Crippen LogP contribution is -2.07. The van der Waals surface area contributed by atoms with Crippen molar-refractivity contribution in [1.29, 1.82) is 0 Å². The van der Waals surface area contributed by atoms with Crippen LogP contribution in [0.3, 0.4) is 0 Å². The first-order valence-electron chi connectivity index (χ1n) is 12.9. The van der Waals surface area contributed by atoms with Gasteiger partial charge in [0.25, 0.3) is 5.69 Å². The summed E-state index contributed by atoms with van der Waals surface area (Å²) < 4.78 is 20.0. The van der Waals surface area contributed by atoms with E-state index in [1.54, 1.807) is 24.3 Å². The zero-order valence-electron chi connectivity index (χ0n) is 22.2. The van der Waals surface area contributed by atoms with Crippen molar-refractivity contribution in [3.05, 3.63) is 141 Å². The molecule has 0 bridgehead atoms. The summed E-state index contributed by atoms with van der Waals surface area (Å²) in [7, 11) is 0. The number of hydrogen-bond donors (Lipinski definition) is 0. The van der Waals surface area contributed by atoms with Gasteiger partial charge in [0, 0.05) is 42.3 Å². The number of ketones is 2. The number of ether oxygens (including phenoxy) is 1. The van der Waals surface area contributed by atoms with Crippen molar-refractivity contribution in [2.45, 2.75) is 26.2 Å². The van der Waals surface area contributed by atoms with Crippen LogP contribution >= 0.6 is 0 Å². The highest BCUT2D eigenvalue weighted by molar-refractivity contribution is 5.97. The Kier molecular flexibility index (Phi) is 7.92. The quantitative estimate of drug-likeness (QED) is 0.104. The number of benzene rings is 4. The molecule has 0 radical (unpaired) electrons. The summed E-state index contributed by atoms with van der Waals surface area (Å²) in [6.07, 6.45) is 0.730. The Morgan fingerprint density at radius 3 is 2.32 bits per heavy atom. The van der Waals surface area contributed by atoms with Gasteiger partial charge in [0.1, 0.15) is 17.3 Å². The molecule has 41 heavy (non-hydrogen) atoms. The van der Waals surface area contributed by atoms with E-state index in [2.05, 4.69) is 0 Å². The predicted molar refractivity (Wildman–Crippen MR) is 153 cm³/mol. The second-order valence-electron chi connectivity index (χ2n) is 9.76. The van der Waals surface area contributed by atoms with Gasteiger partial charge in [-0.25, -0.2) is 9.37 Å². The van der Waals surface area contributed by atoms with Crippen molar-refractivity contribution in [3.8, 4) is 11.6 Å². The zero-order chi connectivity index (χ0) is 28.9. The van der Waals surface area contributed by atoms with E-state index < -0.39 is 10.7 Å². The average Bonchev–Trinajstić information content (AvgIpc) is 2.95. The maximum Gasteiger partial charge on any atom is 0.269 e. The Balaban J connectivity index is 1.46. The SMILES string of the molecule is CC(=O)c1cc(F)ccc1Oc1nc2ccc(CC(=O)Cc3cccc([N+](=O)[O-])c3)cc2cc1Cc1ccccc1. The molecule has 0 aliphatic heterocycles. The number of carbonyl (C=O) groups is 2. The largest absolute Gasteiger partial charge is 0.438 e. The van der Waals surface area contributed by atoms with Gasteiger partial charge >= 0.3 is 0 Å². The predicted octanol–water partition coefficient (Wildman–Crippen LogP) is 7.22. The van der Waals surface area contributed by atoms with Crippen molar-refractivity contribution in [3.63, 3.8) is 0 Å². The first-order valence-corrected chi connectivity index (χ1v) is 12.9. The normalized spacial score (nSPS) is 10.9. The maximum atomic E-state index is 13.8. The molecule has 0 spiro atoms. The number of non-ortho nitro benzene ring substituents is 1. The minimum atomic E-state index is -0.536. The molecule has 7 nitrogen and oxygen atoms in total. The Labute approximate surface area is 235 Å². The lowest BCUT2D eigenvalue weighted by molar-refractivity contribution is -0.384. The van der Waals surface area contributed by atoms with Gasteiger partial charge in [0.15, 0.2) is 5.78 Å². The molecule has 0 saturated heterocycles. The van der Waals surface area contributed by atoms with Crippen LogP contribution in [-0.2, 0) is 24.1 Å². The van der Waals surface area contributed by atoms with Crippen molar-refractivity contribution < 1.29 is 23.6 Å². The number of fused-ring (bicyclic) bond motifs is 1.